The minimum Gasteiger partial charge on any atom is -0.371 e. The molecule has 2 atom stereocenters. The van der Waals surface area contributed by atoms with Gasteiger partial charge in [-0.3, -0.25) is 4.79 Å². The van der Waals surface area contributed by atoms with E-state index in [1.165, 1.54) is 11.5 Å². The van der Waals surface area contributed by atoms with E-state index in [1.54, 1.807) is 11.6 Å². The molecule has 1 N–H and O–H groups in total. The van der Waals surface area contributed by atoms with Crippen molar-refractivity contribution in [2.75, 3.05) is 25.0 Å². The number of nitrogens with zero attached hydrogens (tertiary/aromatic N) is 4. The van der Waals surface area contributed by atoms with Crippen molar-refractivity contribution in [3.8, 4) is 0 Å². The van der Waals surface area contributed by atoms with E-state index in [9.17, 15) is 4.79 Å². The predicted molar refractivity (Wildman–Crippen MR) is 85.4 cm³/mol. The maximum atomic E-state index is 12.4. The minimum absolute atomic E-state index is 0.0552. The first-order chi connectivity index (χ1) is 11.2. The second-order valence-corrected chi connectivity index (χ2v) is 6.63. The fraction of sp³-hybridized carbons (Fsp3) is 0.467. The molecule has 1 amide bonds. The Hall–Kier alpha value is -2.06. The maximum Gasteiger partial charge on any atom is 0.275 e. The van der Waals surface area contributed by atoms with E-state index in [2.05, 4.69) is 19.9 Å². The van der Waals surface area contributed by atoms with Crippen LogP contribution in [0.15, 0.2) is 29.8 Å². The molecular weight excluding hydrogens is 314 g/mol. The predicted octanol–water partition coefficient (Wildman–Crippen LogP) is 1.42. The number of carbonyl (C=O) groups excluding carboxylic acids is 1. The smallest absolute Gasteiger partial charge is 0.275 e. The van der Waals surface area contributed by atoms with E-state index in [4.69, 9.17) is 4.74 Å². The molecule has 7 nitrogen and oxygen atoms in total. The van der Waals surface area contributed by atoms with Crippen molar-refractivity contribution in [3.05, 3.63) is 35.5 Å². The SMILES string of the molecule is O=C(c1csnn1)N1CCC2(CC(Nc3ccccn3)CO2)C1. The molecule has 2 fully saturated rings. The minimum atomic E-state index is -0.244. The van der Waals surface area contributed by atoms with Crippen molar-refractivity contribution in [2.24, 2.45) is 0 Å². The summed E-state index contributed by atoms with van der Waals surface area (Å²) in [5.74, 6) is 0.804. The van der Waals surface area contributed by atoms with Crippen LogP contribution in [0.4, 0.5) is 5.82 Å². The van der Waals surface area contributed by atoms with Crippen molar-refractivity contribution in [2.45, 2.75) is 24.5 Å². The molecule has 2 saturated heterocycles. The number of likely N-dealkylation sites (tertiary alicyclic amines) is 1. The van der Waals surface area contributed by atoms with Crippen molar-refractivity contribution < 1.29 is 9.53 Å². The molecule has 0 aliphatic carbocycles. The number of nitrogens with one attached hydrogen (secondary N) is 1. The summed E-state index contributed by atoms with van der Waals surface area (Å²) in [6, 6.07) is 6.02. The van der Waals surface area contributed by atoms with E-state index < -0.39 is 0 Å². The molecule has 23 heavy (non-hydrogen) atoms. The molecule has 120 valence electrons. The number of hydrogen-bond donors (Lipinski definition) is 1. The standard InChI is InChI=1S/C15H17N5O2S/c21-14(12-9-23-19-18-12)20-6-4-15(10-20)7-11(8-22-15)17-13-3-1-2-5-16-13/h1-3,5,9,11H,4,6-8,10H2,(H,16,17). The monoisotopic (exact) mass is 331 g/mol. The molecule has 0 bridgehead atoms. The van der Waals surface area contributed by atoms with Gasteiger partial charge in [-0.2, -0.15) is 0 Å². The Bertz CT molecular complexity index is 680. The molecule has 8 heteroatoms. The van der Waals surface area contributed by atoms with E-state index in [1.807, 2.05) is 23.1 Å². The van der Waals surface area contributed by atoms with Crippen LogP contribution in [0.2, 0.25) is 0 Å². The first-order valence-electron chi connectivity index (χ1n) is 7.62. The fourth-order valence-electron chi connectivity index (χ4n) is 3.32. The van der Waals surface area contributed by atoms with Gasteiger partial charge < -0.3 is 15.0 Å². The van der Waals surface area contributed by atoms with Crippen LogP contribution in [0, 0.1) is 0 Å². The zero-order valence-electron chi connectivity index (χ0n) is 12.5. The molecule has 2 aromatic heterocycles. The van der Waals surface area contributed by atoms with Crippen molar-refractivity contribution >= 4 is 23.3 Å². The number of rotatable bonds is 3. The lowest BCUT2D eigenvalue weighted by atomic mass is 9.97. The van der Waals surface area contributed by atoms with Crippen LogP contribution >= 0.6 is 11.5 Å². The first kappa shape index (κ1) is 14.5. The van der Waals surface area contributed by atoms with E-state index in [0.717, 1.165) is 18.7 Å². The van der Waals surface area contributed by atoms with Gasteiger partial charge in [0.15, 0.2) is 5.69 Å². The topological polar surface area (TPSA) is 80.2 Å². The number of amides is 1. The van der Waals surface area contributed by atoms with E-state index in [0.29, 0.717) is 25.4 Å². The third-order valence-electron chi connectivity index (χ3n) is 4.41. The lowest BCUT2D eigenvalue weighted by molar-refractivity contribution is 0.0124. The average molecular weight is 331 g/mol. The molecular formula is C15H17N5O2S. The van der Waals surface area contributed by atoms with Crippen molar-refractivity contribution in [3.63, 3.8) is 0 Å². The zero-order chi connectivity index (χ0) is 15.7. The Morgan fingerprint density at radius 1 is 1.48 bits per heavy atom. The molecule has 0 aromatic carbocycles. The lowest BCUT2D eigenvalue weighted by Gasteiger charge is -2.23. The molecule has 0 saturated carbocycles. The van der Waals surface area contributed by atoms with Crippen LogP contribution < -0.4 is 5.32 Å². The highest BCUT2D eigenvalue weighted by Crippen LogP contribution is 2.36. The van der Waals surface area contributed by atoms with E-state index >= 15 is 0 Å². The number of ether oxygens (including phenoxy) is 1. The van der Waals surface area contributed by atoms with Gasteiger partial charge in [-0.15, -0.1) is 5.10 Å². The van der Waals surface area contributed by atoms with Gasteiger partial charge in [0, 0.05) is 24.5 Å². The van der Waals surface area contributed by atoms with Gasteiger partial charge in [0.1, 0.15) is 5.82 Å². The summed E-state index contributed by atoms with van der Waals surface area (Å²) in [4.78, 5) is 18.5. The quantitative estimate of drug-likeness (QED) is 0.916. The van der Waals surface area contributed by atoms with Gasteiger partial charge in [0.25, 0.3) is 5.91 Å². The van der Waals surface area contributed by atoms with Gasteiger partial charge in [-0.1, -0.05) is 10.6 Å². The molecule has 4 heterocycles. The third-order valence-corrected chi connectivity index (χ3v) is 4.91. The van der Waals surface area contributed by atoms with Gasteiger partial charge in [-0.05, 0) is 30.1 Å². The maximum absolute atomic E-state index is 12.4. The second kappa shape index (κ2) is 5.86. The summed E-state index contributed by atoms with van der Waals surface area (Å²) in [5.41, 5.74) is 0.180. The van der Waals surface area contributed by atoms with Gasteiger partial charge in [0.2, 0.25) is 0 Å². The van der Waals surface area contributed by atoms with Crippen LogP contribution in [0.3, 0.4) is 0 Å². The summed E-state index contributed by atoms with van der Waals surface area (Å²) in [6.45, 7) is 1.95. The summed E-state index contributed by atoms with van der Waals surface area (Å²) in [5, 5.41) is 8.95. The molecule has 0 radical (unpaired) electrons. The van der Waals surface area contributed by atoms with Gasteiger partial charge in [0.05, 0.1) is 24.8 Å². The van der Waals surface area contributed by atoms with E-state index in [-0.39, 0.29) is 17.6 Å². The largest absolute Gasteiger partial charge is 0.371 e. The molecule has 2 aromatic rings. The third kappa shape index (κ3) is 2.91. The molecule has 2 aliphatic rings. The van der Waals surface area contributed by atoms with Crippen molar-refractivity contribution in [1.82, 2.24) is 19.5 Å². The Kier molecular flexibility index (Phi) is 3.70. The average Bonchev–Trinajstić information content (AvgIpc) is 3.31. The number of aromatic nitrogens is 3. The zero-order valence-corrected chi connectivity index (χ0v) is 13.3. The summed E-state index contributed by atoms with van der Waals surface area (Å²) in [6.07, 6.45) is 3.51. The fourth-order valence-corrected chi connectivity index (χ4v) is 3.75. The number of pyridine rings is 1. The van der Waals surface area contributed by atoms with Gasteiger partial charge in [-0.25, -0.2) is 4.98 Å². The van der Waals surface area contributed by atoms with Crippen LogP contribution in [-0.4, -0.2) is 56.7 Å². The number of anilines is 1. The normalized spacial score (nSPS) is 26.8. The summed E-state index contributed by atoms with van der Waals surface area (Å²) < 4.78 is 9.82. The Morgan fingerprint density at radius 3 is 3.22 bits per heavy atom. The number of hydrogen-bond acceptors (Lipinski definition) is 7. The molecule has 2 unspecified atom stereocenters. The van der Waals surface area contributed by atoms with Gasteiger partial charge >= 0.3 is 0 Å². The van der Waals surface area contributed by atoms with Crippen LogP contribution in [0.1, 0.15) is 23.3 Å². The highest BCUT2D eigenvalue weighted by atomic mass is 32.1. The highest BCUT2D eigenvalue weighted by Gasteiger charge is 2.47. The number of carbonyl (C=O) groups is 1. The van der Waals surface area contributed by atoms with Crippen molar-refractivity contribution in [1.29, 1.82) is 0 Å². The Balaban J connectivity index is 1.38. The second-order valence-electron chi connectivity index (χ2n) is 6.02. The van der Waals surface area contributed by atoms with Crippen LogP contribution in [0.25, 0.3) is 0 Å². The first-order valence-corrected chi connectivity index (χ1v) is 8.46. The molecule has 4 rings (SSSR count). The molecule has 2 aliphatic heterocycles. The molecule has 1 spiro atoms. The van der Waals surface area contributed by atoms with Crippen LogP contribution in [0.5, 0.6) is 0 Å². The lowest BCUT2D eigenvalue weighted by Crippen LogP contribution is -2.36. The van der Waals surface area contributed by atoms with Crippen LogP contribution in [-0.2, 0) is 4.74 Å². The highest BCUT2D eigenvalue weighted by molar-refractivity contribution is 7.03. The summed E-state index contributed by atoms with van der Waals surface area (Å²) in [7, 11) is 0. The Morgan fingerprint density at radius 2 is 2.43 bits per heavy atom. The Labute approximate surface area is 137 Å². The summed E-state index contributed by atoms with van der Waals surface area (Å²) >= 11 is 1.20.